The number of benzene rings is 1. The molecule has 5 nitrogen and oxygen atoms in total. The third kappa shape index (κ3) is 4.30. The van der Waals surface area contributed by atoms with E-state index in [2.05, 4.69) is 15.6 Å². The molecule has 1 unspecified atom stereocenters. The molecule has 0 aliphatic carbocycles. The number of amides is 1. The number of hydrogen-bond acceptors (Lipinski definition) is 5. The van der Waals surface area contributed by atoms with Crippen molar-refractivity contribution < 1.29 is 13.9 Å². The van der Waals surface area contributed by atoms with Gasteiger partial charge in [-0.3, -0.25) is 4.79 Å². The van der Waals surface area contributed by atoms with Crippen LogP contribution in [0.1, 0.15) is 33.2 Å². The van der Waals surface area contributed by atoms with Crippen molar-refractivity contribution in [2.24, 2.45) is 0 Å². The van der Waals surface area contributed by atoms with Crippen LogP contribution >= 0.6 is 11.3 Å². The Bertz CT molecular complexity index is 696. The first kappa shape index (κ1) is 16.9. The Morgan fingerprint density at radius 1 is 1.46 bits per heavy atom. The lowest BCUT2D eigenvalue weighted by Crippen LogP contribution is -2.37. The van der Waals surface area contributed by atoms with Crippen LogP contribution in [0, 0.1) is 12.7 Å². The lowest BCUT2D eigenvalue weighted by Gasteiger charge is -2.10. The smallest absolute Gasteiger partial charge is 0.263 e. The molecular weight excluding hydrogens is 329 g/mol. The number of carbonyl (C=O) groups excluding carboxylic acids is 1. The molecule has 1 fully saturated rings. The van der Waals surface area contributed by atoms with Crippen molar-refractivity contribution in [1.29, 1.82) is 0 Å². The van der Waals surface area contributed by atoms with Crippen LogP contribution in [0.3, 0.4) is 0 Å². The molecule has 1 aliphatic heterocycles. The van der Waals surface area contributed by atoms with Crippen molar-refractivity contribution in [1.82, 2.24) is 15.6 Å². The lowest BCUT2D eigenvalue weighted by atomic mass is 10.2. The van der Waals surface area contributed by atoms with E-state index in [0.717, 1.165) is 24.4 Å². The molecule has 0 saturated carbocycles. The van der Waals surface area contributed by atoms with E-state index in [4.69, 9.17) is 4.74 Å². The predicted octanol–water partition coefficient (Wildman–Crippen LogP) is 2.65. The van der Waals surface area contributed by atoms with Gasteiger partial charge >= 0.3 is 0 Å². The van der Waals surface area contributed by atoms with Crippen molar-refractivity contribution in [2.75, 3.05) is 13.1 Å². The van der Waals surface area contributed by atoms with Gasteiger partial charge in [0.15, 0.2) is 0 Å². The van der Waals surface area contributed by atoms with Crippen LogP contribution in [-0.2, 0) is 6.61 Å². The van der Waals surface area contributed by atoms with Crippen LogP contribution in [0.4, 0.5) is 4.39 Å². The third-order valence-electron chi connectivity index (χ3n) is 3.89. The Hall–Kier alpha value is -1.99. The number of rotatable bonds is 6. The Labute approximate surface area is 144 Å². The molecule has 24 heavy (non-hydrogen) atoms. The number of ether oxygens (including phenoxy) is 1. The average Bonchev–Trinajstić information content (AvgIpc) is 3.22. The van der Waals surface area contributed by atoms with Crippen molar-refractivity contribution >= 4 is 17.2 Å². The van der Waals surface area contributed by atoms with Crippen LogP contribution in [0.2, 0.25) is 0 Å². The number of hydrogen-bond donors (Lipinski definition) is 2. The van der Waals surface area contributed by atoms with Gasteiger partial charge in [0.25, 0.3) is 5.91 Å². The summed E-state index contributed by atoms with van der Waals surface area (Å²) >= 11 is 1.33. The summed E-state index contributed by atoms with van der Waals surface area (Å²) in [6, 6.07) is 6.19. The van der Waals surface area contributed by atoms with E-state index in [9.17, 15) is 9.18 Å². The molecule has 2 heterocycles. The summed E-state index contributed by atoms with van der Waals surface area (Å²) in [6.45, 7) is 3.73. The fourth-order valence-electron chi connectivity index (χ4n) is 2.63. The van der Waals surface area contributed by atoms with Gasteiger partial charge in [-0.2, -0.15) is 0 Å². The number of aromatic nitrogens is 1. The van der Waals surface area contributed by atoms with Crippen LogP contribution < -0.4 is 15.4 Å². The van der Waals surface area contributed by atoms with Gasteiger partial charge in [-0.25, -0.2) is 9.37 Å². The fraction of sp³-hybridized carbons (Fsp3) is 0.412. The van der Waals surface area contributed by atoms with Crippen molar-refractivity contribution in [2.45, 2.75) is 32.4 Å². The van der Waals surface area contributed by atoms with Gasteiger partial charge in [0.2, 0.25) is 0 Å². The second-order valence-corrected chi connectivity index (χ2v) is 6.85. The first-order valence-corrected chi connectivity index (χ1v) is 8.80. The molecule has 1 saturated heterocycles. The number of nitrogens with zero attached hydrogens (tertiary/aromatic N) is 1. The molecule has 7 heteroatoms. The summed E-state index contributed by atoms with van der Waals surface area (Å²) in [5, 5.41) is 7.04. The highest BCUT2D eigenvalue weighted by molar-refractivity contribution is 7.13. The quantitative estimate of drug-likeness (QED) is 0.842. The maximum Gasteiger partial charge on any atom is 0.263 e. The van der Waals surface area contributed by atoms with Crippen LogP contribution in [0.5, 0.6) is 5.75 Å². The monoisotopic (exact) mass is 349 g/mol. The molecule has 1 aliphatic rings. The molecule has 128 valence electrons. The summed E-state index contributed by atoms with van der Waals surface area (Å²) < 4.78 is 18.4. The van der Waals surface area contributed by atoms with Crippen molar-refractivity contribution in [3.05, 3.63) is 45.7 Å². The zero-order chi connectivity index (χ0) is 16.9. The zero-order valence-corrected chi connectivity index (χ0v) is 14.3. The molecule has 3 rings (SSSR count). The Kier molecular flexibility index (Phi) is 5.42. The van der Waals surface area contributed by atoms with Crippen LogP contribution in [0.15, 0.2) is 24.3 Å². The average molecular weight is 349 g/mol. The molecule has 1 aromatic carbocycles. The fourth-order valence-corrected chi connectivity index (χ4v) is 3.52. The highest BCUT2D eigenvalue weighted by Crippen LogP contribution is 2.20. The second kappa shape index (κ2) is 7.72. The standard InChI is InChI=1S/C17H20FN3O2S/c1-11-16(17(22)20-9-13-3-2-8-19-13)24-15(21-11)10-23-14-6-4-12(18)5-7-14/h4-7,13,19H,2-3,8-10H2,1H3,(H,20,22). The predicted molar refractivity (Wildman–Crippen MR) is 90.9 cm³/mol. The Morgan fingerprint density at radius 2 is 2.25 bits per heavy atom. The molecule has 2 N–H and O–H groups in total. The number of halogens is 1. The molecule has 0 radical (unpaired) electrons. The number of thiazole rings is 1. The maximum atomic E-state index is 12.9. The molecule has 0 spiro atoms. The van der Waals surface area contributed by atoms with E-state index >= 15 is 0 Å². The molecular formula is C17H20FN3O2S. The van der Waals surface area contributed by atoms with E-state index in [1.54, 1.807) is 12.1 Å². The van der Waals surface area contributed by atoms with Gasteiger partial charge in [-0.05, 0) is 50.6 Å². The van der Waals surface area contributed by atoms with Gasteiger partial charge < -0.3 is 15.4 Å². The summed E-state index contributed by atoms with van der Waals surface area (Å²) in [4.78, 5) is 17.3. The number of aryl methyl sites for hydroxylation is 1. The van der Waals surface area contributed by atoms with Gasteiger partial charge in [-0.1, -0.05) is 0 Å². The van der Waals surface area contributed by atoms with Gasteiger partial charge in [0, 0.05) is 12.6 Å². The minimum atomic E-state index is -0.303. The molecule has 1 amide bonds. The van der Waals surface area contributed by atoms with Crippen LogP contribution in [0.25, 0.3) is 0 Å². The summed E-state index contributed by atoms with van der Waals surface area (Å²) in [5.41, 5.74) is 0.703. The largest absolute Gasteiger partial charge is 0.486 e. The van der Waals surface area contributed by atoms with Gasteiger partial charge in [-0.15, -0.1) is 11.3 Å². The van der Waals surface area contributed by atoms with E-state index in [0.29, 0.717) is 28.9 Å². The third-order valence-corrected chi connectivity index (χ3v) is 5.02. The van der Waals surface area contributed by atoms with Crippen molar-refractivity contribution in [3.8, 4) is 5.75 Å². The minimum absolute atomic E-state index is 0.0910. The lowest BCUT2D eigenvalue weighted by molar-refractivity contribution is 0.0953. The molecule has 0 bridgehead atoms. The Balaban J connectivity index is 1.55. The summed E-state index contributed by atoms with van der Waals surface area (Å²) in [6.07, 6.45) is 2.25. The zero-order valence-electron chi connectivity index (χ0n) is 13.5. The van der Waals surface area contributed by atoms with E-state index in [1.807, 2.05) is 6.92 Å². The second-order valence-electron chi connectivity index (χ2n) is 5.77. The molecule has 1 aromatic heterocycles. The van der Waals surface area contributed by atoms with Crippen molar-refractivity contribution in [3.63, 3.8) is 0 Å². The maximum absolute atomic E-state index is 12.9. The number of nitrogens with one attached hydrogen (secondary N) is 2. The highest BCUT2D eigenvalue weighted by Gasteiger charge is 2.18. The molecule has 2 aromatic rings. The van der Waals surface area contributed by atoms with E-state index in [-0.39, 0.29) is 18.3 Å². The molecule has 1 atom stereocenters. The summed E-state index contributed by atoms with van der Waals surface area (Å²) in [5.74, 6) is 0.178. The SMILES string of the molecule is Cc1nc(COc2ccc(F)cc2)sc1C(=O)NCC1CCCN1. The normalized spacial score (nSPS) is 17.0. The topological polar surface area (TPSA) is 63.2 Å². The summed E-state index contributed by atoms with van der Waals surface area (Å²) in [7, 11) is 0. The van der Waals surface area contributed by atoms with Crippen LogP contribution in [-0.4, -0.2) is 30.0 Å². The van der Waals surface area contributed by atoms with E-state index in [1.165, 1.54) is 23.5 Å². The highest BCUT2D eigenvalue weighted by atomic mass is 32.1. The minimum Gasteiger partial charge on any atom is -0.486 e. The van der Waals surface area contributed by atoms with E-state index < -0.39 is 0 Å². The number of carbonyl (C=O) groups is 1. The Morgan fingerprint density at radius 3 is 2.96 bits per heavy atom. The van der Waals surface area contributed by atoms with Gasteiger partial charge in [0.05, 0.1) is 5.69 Å². The van der Waals surface area contributed by atoms with Gasteiger partial charge in [0.1, 0.15) is 28.1 Å². The first-order chi connectivity index (χ1) is 11.6. The first-order valence-electron chi connectivity index (χ1n) is 7.98.